The summed E-state index contributed by atoms with van der Waals surface area (Å²) < 4.78 is 91.2. The zero-order valence-electron chi connectivity index (χ0n) is 11.0. The minimum Gasteiger partial charge on any atom is -0.463 e. The molecule has 0 saturated heterocycles. The van der Waals surface area contributed by atoms with Crippen LogP contribution in [0.4, 0.5) is 30.7 Å². The number of carbonyl (C=O) groups excluding carboxylic acids is 1. The molecule has 0 aromatic heterocycles. The SMILES string of the molecule is C=CC(=O)OCCCCCC(F)(F)CC(F)(F)C(F)(F)F. The number of carbonyl (C=O) groups is 1. The predicted molar refractivity (Wildman–Crippen MR) is 60.2 cm³/mol. The maximum absolute atomic E-state index is 13.1. The van der Waals surface area contributed by atoms with Crippen LogP contribution < -0.4 is 0 Å². The van der Waals surface area contributed by atoms with Gasteiger partial charge in [-0.25, -0.2) is 13.6 Å². The van der Waals surface area contributed by atoms with Gasteiger partial charge in [-0.05, 0) is 19.3 Å². The van der Waals surface area contributed by atoms with Gasteiger partial charge in [-0.2, -0.15) is 22.0 Å². The fraction of sp³-hybridized carbons (Fsp3) is 0.750. The Morgan fingerprint density at radius 3 is 2.05 bits per heavy atom. The molecule has 0 unspecified atom stereocenters. The second-order valence-electron chi connectivity index (χ2n) is 4.42. The summed E-state index contributed by atoms with van der Waals surface area (Å²) in [5, 5.41) is 0. The number of rotatable bonds is 9. The van der Waals surface area contributed by atoms with E-state index in [4.69, 9.17) is 0 Å². The van der Waals surface area contributed by atoms with E-state index in [1.807, 2.05) is 0 Å². The van der Waals surface area contributed by atoms with Crippen LogP contribution in [0.25, 0.3) is 0 Å². The Kier molecular flexibility index (Phi) is 7.18. The van der Waals surface area contributed by atoms with E-state index < -0.39 is 36.8 Å². The monoisotopic (exact) mass is 324 g/mol. The van der Waals surface area contributed by atoms with Crippen LogP contribution in [0.15, 0.2) is 12.7 Å². The van der Waals surface area contributed by atoms with Gasteiger partial charge < -0.3 is 4.74 Å². The molecule has 21 heavy (non-hydrogen) atoms. The third kappa shape index (κ3) is 7.91. The largest absolute Gasteiger partial charge is 0.463 e. The van der Waals surface area contributed by atoms with Gasteiger partial charge >= 0.3 is 18.1 Å². The Hall–Kier alpha value is -1.28. The molecule has 9 heteroatoms. The number of hydrogen-bond donors (Lipinski definition) is 0. The van der Waals surface area contributed by atoms with Crippen molar-refractivity contribution in [1.82, 2.24) is 0 Å². The summed E-state index contributed by atoms with van der Waals surface area (Å²) in [5.41, 5.74) is 0. The zero-order valence-corrected chi connectivity index (χ0v) is 11.0. The normalized spacial score (nSPS) is 13.1. The van der Waals surface area contributed by atoms with Crippen molar-refractivity contribution in [1.29, 1.82) is 0 Å². The molecule has 0 aromatic rings. The Balaban J connectivity index is 4.04. The fourth-order valence-electron chi connectivity index (χ4n) is 1.41. The minimum atomic E-state index is -5.99. The summed E-state index contributed by atoms with van der Waals surface area (Å²) in [4.78, 5) is 10.6. The van der Waals surface area contributed by atoms with E-state index in [0.29, 0.717) is 0 Å². The quantitative estimate of drug-likeness (QED) is 0.270. The Morgan fingerprint density at radius 2 is 1.57 bits per heavy atom. The molecular formula is C12H15F7O2. The molecule has 0 fully saturated rings. The summed E-state index contributed by atoms with van der Waals surface area (Å²) in [7, 11) is 0. The van der Waals surface area contributed by atoms with Crippen molar-refractivity contribution in [2.45, 2.75) is 50.1 Å². The lowest BCUT2D eigenvalue weighted by atomic mass is 10.0. The molecule has 0 amide bonds. The van der Waals surface area contributed by atoms with E-state index in [0.717, 1.165) is 6.08 Å². The lowest BCUT2D eigenvalue weighted by Crippen LogP contribution is -2.41. The molecular weight excluding hydrogens is 309 g/mol. The van der Waals surface area contributed by atoms with Crippen LogP contribution in [0.2, 0.25) is 0 Å². The first-order valence-electron chi connectivity index (χ1n) is 6.03. The Morgan fingerprint density at radius 1 is 1.00 bits per heavy atom. The third-order valence-corrected chi connectivity index (χ3v) is 2.49. The van der Waals surface area contributed by atoms with Crippen LogP contribution in [-0.2, 0) is 9.53 Å². The van der Waals surface area contributed by atoms with Crippen molar-refractivity contribution in [2.75, 3.05) is 6.61 Å². The number of ether oxygens (including phenoxy) is 1. The number of unbranched alkanes of at least 4 members (excludes halogenated alkanes) is 2. The topological polar surface area (TPSA) is 26.3 Å². The van der Waals surface area contributed by atoms with E-state index in [-0.39, 0.29) is 25.9 Å². The first-order chi connectivity index (χ1) is 9.41. The summed E-state index contributed by atoms with van der Waals surface area (Å²) >= 11 is 0. The maximum atomic E-state index is 13.1. The third-order valence-electron chi connectivity index (χ3n) is 2.49. The molecule has 0 radical (unpaired) electrons. The smallest absolute Gasteiger partial charge is 0.453 e. The molecule has 0 N–H and O–H groups in total. The Labute approximate surface area is 116 Å². The molecule has 0 rings (SSSR count). The fourth-order valence-corrected chi connectivity index (χ4v) is 1.41. The average Bonchev–Trinajstić information content (AvgIpc) is 2.30. The first-order valence-corrected chi connectivity index (χ1v) is 6.03. The van der Waals surface area contributed by atoms with Crippen LogP contribution in [0.5, 0.6) is 0 Å². The highest BCUT2D eigenvalue weighted by Gasteiger charge is 2.61. The van der Waals surface area contributed by atoms with Gasteiger partial charge in [0.25, 0.3) is 5.92 Å². The van der Waals surface area contributed by atoms with E-state index in [1.165, 1.54) is 0 Å². The van der Waals surface area contributed by atoms with Crippen LogP contribution in [-0.4, -0.2) is 30.6 Å². The number of alkyl halides is 7. The summed E-state index contributed by atoms with van der Waals surface area (Å²) in [6.45, 7) is 3.06. The summed E-state index contributed by atoms with van der Waals surface area (Å²) in [6, 6.07) is 0. The van der Waals surface area contributed by atoms with Crippen molar-refractivity contribution in [3.63, 3.8) is 0 Å². The van der Waals surface area contributed by atoms with Gasteiger partial charge in [0.1, 0.15) is 0 Å². The van der Waals surface area contributed by atoms with E-state index >= 15 is 0 Å². The highest BCUT2D eigenvalue weighted by molar-refractivity contribution is 5.81. The van der Waals surface area contributed by atoms with Crippen molar-refractivity contribution < 1.29 is 40.3 Å². The second-order valence-corrected chi connectivity index (χ2v) is 4.42. The number of esters is 1. The first kappa shape index (κ1) is 19.7. The molecule has 0 heterocycles. The van der Waals surface area contributed by atoms with Crippen LogP contribution in [0.3, 0.4) is 0 Å². The van der Waals surface area contributed by atoms with Gasteiger partial charge in [0.15, 0.2) is 0 Å². The van der Waals surface area contributed by atoms with E-state index in [9.17, 15) is 35.5 Å². The van der Waals surface area contributed by atoms with Crippen molar-refractivity contribution in [3.05, 3.63) is 12.7 Å². The van der Waals surface area contributed by atoms with Crippen LogP contribution >= 0.6 is 0 Å². The second kappa shape index (κ2) is 7.65. The van der Waals surface area contributed by atoms with Crippen molar-refractivity contribution in [2.24, 2.45) is 0 Å². The molecule has 2 nitrogen and oxygen atoms in total. The van der Waals surface area contributed by atoms with Crippen LogP contribution in [0, 0.1) is 0 Å². The van der Waals surface area contributed by atoms with Crippen LogP contribution in [0.1, 0.15) is 32.1 Å². The number of hydrogen-bond acceptors (Lipinski definition) is 2. The number of halogens is 7. The minimum absolute atomic E-state index is 0.0604. The van der Waals surface area contributed by atoms with E-state index in [1.54, 1.807) is 0 Å². The molecule has 0 aliphatic rings. The summed E-state index contributed by atoms with van der Waals surface area (Å²) in [5.74, 6) is -10.2. The van der Waals surface area contributed by atoms with Gasteiger partial charge in [-0.3, -0.25) is 0 Å². The van der Waals surface area contributed by atoms with Gasteiger partial charge in [0.05, 0.1) is 13.0 Å². The lowest BCUT2D eigenvalue weighted by molar-refractivity contribution is -0.300. The zero-order chi connectivity index (χ0) is 16.7. The van der Waals surface area contributed by atoms with Gasteiger partial charge in [-0.15, -0.1) is 0 Å². The maximum Gasteiger partial charge on any atom is 0.453 e. The molecule has 0 atom stereocenters. The Bertz CT molecular complexity index is 350. The molecule has 0 saturated carbocycles. The van der Waals surface area contributed by atoms with Gasteiger partial charge in [0.2, 0.25) is 0 Å². The molecule has 124 valence electrons. The molecule has 0 aliphatic carbocycles. The lowest BCUT2D eigenvalue weighted by Gasteiger charge is -2.24. The van der Waals surface area contributed by atoms with Crippen molar-refractivity contribution >= 4 is 5.97 Å². The molecule has 0 aliphatic heterocycles. The molecule has 0 aromatic carbocycles. The average molecular weight is 324 g/mol. The van der Waals surface area contributed by atoms with Gasteiger partial charge in [-0.1, -0.05) is 6.58 Å². The molecule has 0 bridgehead atoms. The highest BCUT2D eigenvalue weighted by Crippen LogP contribution is 2.44. The van der Waals surface area contributed by atoms with E-state index in [2.05, 4.69) is 11.3 Å². The summed E-state index contributed by atoms with van der Waals surface area (Å²) in [6.07, 6.45) is -8.68. The molecule has 0 spiro atoms. The highest BCUT2D eigenvalue weighted by atomic mass is 19.4. The predicted octanol–water partition coefficient (Wildman–Crippen LogP) is 4.50. The van der Waals surface area contributed by atoms with Crippen molar-refractivity contribution in [3.8, 4) is 0 Å². The van der Waals surface area contributed by atoms with Gasteiger partial charge in [0, 0.05) is 12.5 Å². The standard InChI is InChI=1S/C12H15F7O2/c1-2-9(20)21-7-5-3-4-6-10(13,14)8-11(15,16)12(17,18)19/h2H,1,3-8H2.